The van der Waals surface area contributed by atoms with E-state index in [1.807, 2.05) is 0 Å². The Balaban J connectivity index is 2.28. The van der Waals surface area contributed by atoms with E-state index in [1.54, 1.807) is 10.9 Å². The summed E-state index contributed by atoms with van der Waals surface area (Å²) in [6.45, 7) is 0. The summed E-state index contributed by atoms with van der Waals surface area (Å²) in [6.07, 6.45) is 4.32. The van der Waals surface area contributed by atoms with Crippen LogP contribution in [0.1, 0.15) is 20.3 Å². The minimum Gasteiger partial charge on any atom is -0.250 e. The topological polar surface area (TPSA) is 30.7 Å². The Bertz CT molecular complexity index is 216. The van der Waals surface area contributed by atoms with E-state index in [1.165, 1.54) is 12.8 Å². The van der Waals surface area contributed by atoms with Crippen LogP contribution in [-0.4, -0.2) is 15.0 Å². The summed E-state index contributed by atoms with van der Waals surface area (Å²) in [5.41, 5.74) is 0. The quantitative estimate of drug-likeness (QED) is 0.530. The predicted molar refractivity (Wildman–Crippen MR) is 28.3 cm³/mol. The molecule has 3 heteroatoms. The van der Waals surface area contributed by atoms with Gasteiger partial charge in [0, 0.05) is 6.20 Å². The van der Waals surface area contributed by atoms with Gasteiger partial charge >= 0.3 is 0 Å². The van der Waals surface area contributed by atoms with Gasteiger partial charge in [0.1, 0.15) is 0 Å². The van der Waals surface area contributed by atoms with Crippen LogP contribution in [0, 0.1) is 0 Å². The van der Waals surface area contributed by atoms with Crippen molar-refractivity contribution in [3.63, 3.8) is 0 Å². The minimum atomic E-state index is 0.266. The van der Waals surface area contributed by atoms with Crippen molar-refractivity contribution in [2.45, 2.75) is 18.9 Å². The molecule has 1 aliphatic rings. The SMILES string of the molecule is [2H]c1cn(C2CC2)nn1. The first-order valence-corrected chi connectivity index (χ1v) is 2.75. The number of hydrogen-bond donors (Lipinski definition) is 0. The number of rotatable bonds is 1. The molecule has 42 valence electrons. The monoisotopic (exact) mass is 110 g/mol. The largest absolute Gasteiger partial charge is 0.250 e. The summed E-state index contributed by atoms with van der Waals surface area (Å²) < 4.78 is 8.81. The summed E-state index contributed by atoms with van der Waals surface area (Å²) in [5.74, 6) is 0. The molecule has 0 amide bonds. The zero-order valence-corrected chi connectivity index (χ0v) is 4.41. The minimum absolute atomic E-state index is 0.266. The maximum absolute atomic E-state index is 7.04. The Morgan fingerprint density at radius 2 is 2.62 bits per heavy atom. The molecule has 1 aliphatic carbocycles. The third-order valence-corrected chi connectivity index (χ3v) is 1.32. The first-order valence-electron chi connectivity index (χ1n) is 3.25. The molecular weight excluding hydrogens is 102 g/mol. The molecular formula is C5H7N3. The fourth-order valence-electron chi connectivity index (χ4n) is 0.706. The predicted octanol–water partition coefficient (Wildman–Crippen LogP) is 0.613. The second-order valence-electron chi connectivity index (χ2n) is 2.06. The summed E-state index contributed by atoms with van der Waals surface area (Å²) in [7, 11) is 0. The number of aromatic nitrogens is 3. The standard InChI is InChI=1S/C5H7N3/c1-2-5(1)8-4-3-6-7-8/h3-5H,1-2H2/i3D. The lowest BCUT2D eigenvalue weighted by Crippen LogP contribution is -1.92. The van der Waals surface area contributed by atoms with E-state index in [0.717, 1.165) is 0 Å². The lowest BCUT2D eigenvalue weighted by molar-refractivity contribution is 0.610. The summed E-state index contributed by atoms with van der Waals surface area (Å²) in [6, 6.07) is 0.552. The second kappa shape index (κ2) is 1.31. The van der Waals surface area contributed by atoms with E-state index in [2.05, 4.69) is 10.3 Å². The van der Waals surface area contributed by atoms with Crippen molar-refractivity contribution in [3.05, 3.63) is 12.4 Å². The van der Waals surface area contributed by atoms with Gasteiger partial charge in [-0.05, 0) is 12.8 Å². The molecule has 0 radical (unpaired) electrons. The number of nitrogens with zero attached hydrogens (tertiary/aromatic N) is 3. The first-order chi connectivity index (χ1) is 4.36. The van der Waals surface area contributed by atoms with E-state index in [0.29, 0.717) is 6.04 Å². The molecule has 0 N–H and O–H groups in total. The van der Waals surface area contributed by atoms with Gasteiger partial charge < -0.3 is 0 Å². The van der Waals surface area contributed by atoms with E-state index in [-0.39, 0.29) is 6.17 Å². The van der Waals surface area contributed by atoms with Crippen LogP contribution in [0.5, 0.6) is 0 Å². The zero-order chi connectivity index (χ0) is 6.27. The van der Waals surface area contributed by atoms with Crippen LogP contribution in [0.2, 0.25) is 0 Å². The highest BCUT2D eigenvalue weighted by Crippen LogP contribution is 2.33. The van der Waals surface area contributed by atoms with Crippen molar-refractivity contribution < 1.29 is 1.37 Å². The molecule has 2 rings (SSSR count). The molecule has 1 aromatic heterocycles. The van der Waals surface area contributed by atoms with Crippen molar-refractivity contribution in [3.8, 4) is 0 Å². The van der Waals surface area contributed by atoms with E-state index < -0.39 is 0 Å². The van der Waals surface area contributed by atoms with Gasteiger partial charge in [0.05, 0.1) is 13.6 Å². The molecule has 1 heterocycles. The first kappa shape index (κ1) is 3.22. The zero-order valence-electron chi connectivity index (χ0n) is 5.41. The average molecular weight is 110 g/mol. The van der Waals surface area contributed by atoms with E-state index >= 15 is 0 Å². The maximum Gasteiger partial charge on any atom is 0.0877 e. The van der Waals surface area contributed by atoms with Gasteiger partial charge in [-0.15, -0.1) is 5.10 Å². The van der Waals surface area contributed by atoms with Crippen LogP contribution in [0.3, 0.4) is 0 Å². The van der Waals surface area contributed by atoms with E-state index in [4.69, 9.17) is 1.37 Å². The number of hydrogen-bond acceptors (Lipinski definition) is 2. The highest BCUT2D eigenvalue weighted by Gasteiger charge is 2.23. The molecule has 0 spiro atoms. The maximum atomic E-state index is 7.04. The van der Waals surface area contributed by atoms with Gasteiger partial charge in [0.2, 0.25) is 0 Å². The molecule has 0 aromatic carbocycles. The van der Waals surface area contributed by atoms with Crippen molar-refractivity contribution in [1.29, 1.82) is 0 Å². The van der Waals surface area contributed by atoms with Crippen molar-refractivity contribution in [2.24, 2.45) is 0 Å². The highest BCUT2D eigenvalue weighted by molar-refractivity contribution is 4.81. The summed E-state index contributed by atoms with van der Waals surface area (Å²) in [4.78, 5) is 0. The summed E-state index contributed by atoms with van der Waals surface area (Å²) in [5, 5.41) is 7.31. The van der Waals surface area contributed by atoms with Crippen LogP contribution in [0.4, 0.5) is 0 Å². The Morgan fingerprint density at radius 1 is 1.75 bits per heavy atom. The molecule has 0 aliphatic heterocycles. The molecule has 3 nitrogen and oxygen atoms in total. The van der Waals surface area contributed by atoms with Gasteiger partial charge in [0.15, 0.2) is 0 Å². The summed E-state index contributed by atoms with van der Waals surface area (Å²) >= 11 is 0. The molecule has 0 atom stereocenters. The lowest BCUT2D eigenvalue weighted by atomic mass is 10.7. The van der Waals surface area contributed by atoms with Crippen LogP contribution in [-0.2, 0) is 0 Å². The average Bonchev–Trinajstić information content (AvgIpc) is 2.58. The van der Waals surface area contributed by atoms with Crippen molar-refractivity contribution >= 4 is 0 Å². The molecule has 1 aromatic rings. The second-order valence-corrected chi connectivity index (χ2v) is 2.06. The van der Waals surface area contributed by atoms with Crippen LogP contribution in [0.25, 0.3) is 0 Å². The Hall–Kier alpha value is -0.860. The Labute approximate surface area is 48.7 Å². The van der Waals surface area contributed by atoms with Crippen LogP contribution < -0.4 is 0 Å². The third kappa shape index (κ3) is 0.510. The lowest BCUT2D eigenvalue weighted by Gasteiger charge is -1.88. The highest BCUT2D eigenvalue weighted by atomic mass is 15.4. The van der Waals surface area contributed by atoms with Crippen LogP contribution >= 0.6 is 0 Å². The van der Waals surface area contributed by atoms with Crippen LogP contribution in [0.15, 0.2) is 12.4 Å². The fourth-order valence-corrected chi connectivity index (χ4v) is 0.706. The molecule has 0 bridgehead atoms. The molecule has 8 heavy (non-hydrogen) atoms. The van der Waals surface area contributed by atoms with Gasteiger partial charge in [0.25, 0.3) is 0 Å². The Kier molecular flexibility index (Phi) is 0.526. The Morgan fingerprint density at radius 3 is 3.12 bits per heavy atom. The van der Waals surface area contributed by atoms with Gasteiger partial charge in [-0.25, -0.2) is 4.68 Å². The molecule has 0 saturated heterocycles. The molecule has 1 saturated carbocycles. The van der Waals surface area contributed by atoms with E-state index in [9.17, 15) is 0 Å². The normalized spacial score (nSPS) is 20.8. The molecule has 1 fully saturated rings. The van der Waals surface area contributed by atoms with Gasteiger partial charge in [-0.3, -0.25) is 0 Å². The van der Waals surface area contributed by atoms with Crippen molar-refractivity contribution in [2.75, 3.05) is 0 Å². The van der Waals surface area contributed by atoms with Crippen molar-refractivity contribution in [1.82, 2.24) is 15.0 Å². The smallest absolute Gasteiger partial charge is 0.0877 e. The van der Waals surface area contributed by atoms with Gasteiger partial charge in [-0.1, -0.05) is 5.21 Å². The molecule has 0 unspecified atom stereocenters. The van der Waals surface area contributed by atoms with Gasteiger partial charge in [-0.2, -0.15) is 0 Å². The third-order valence-electron chi connectivity index (χ3n) is 1.32. The fraction of sp³-hybridized carbons (Fsp3) is 0.600.